The second-order valence-electron chi connectivity index (χ2n) is 7.72. The van der Waals surface area contributed by atoms with Crippen molar-refractivity contribution in [3.8, 4) is 22.8 Å². The zero-order valence-electron chi connectivity index (χ0n) is 16.1. The van der Waals surface area contributed by atoms with E-state index in [1.807, 2.05) is 0 Å². The Morgan fingerprint density at radius 2 is 1.08 bits per heavy atom. The van der Waals surface area contributed by atoms with Gasteiger partial charge in [-0.3, -0.25) is 0 Å². The molecule has 25 heavy (non-hydrogen) atoms. The van der Waals surface area contributed by atoms with Crippen molar-refractivity contribution in [3.05, 3.63) is 66.5 Å². The second-order valence-corrected chi connectivity index (χ2v) is 7.72. The first-order valence-corrected chi connectivity index (χ1v) is 8.73. The van der Waals surface area contributed by atoms with Crippen LogP contribution in [0.4, 0.5) is 0 Å². The van der Waals surface area contributed by atoms with E-state index in [2.05, 4.69) is 117 Å². The summed E-state index contributed by atoms with van der Waals surface area (Å²) in [7, 11) is 6.35. The van der Waals surface area contributed by atoms with Crippen molar-refractivity contribution >= 4 is 0 Å². The first kappa shape index (κ1) is 17.3. The number of hydrogen-bond acceptors (Lipinski definition) is 0. The second kappa shape index (κ2) is 6.40. The molecule has 0 aliphatic heterocycles. The molecule has 0 N–H and O–H groups in total. The average Bonchev–Trinajstić information content (AvgIpc) is 2.55. The van der Waals surface area contributed by atoms with E-state index < -0.39 is 0 Å². The minimum atomic E-state index is 0.0818. The summed E-state index contributed by atoms with van der Waals surface area (Å²) in [5, 5.41) is 0. The van der Waals surface area contributed by atoms with Crippen molar-refractivity contribution < 1.29 is 13.7 Å². The zero-order valence-corrected chi connectivity index (χ0v) is 16.1. The Kier molecular flexibility index (Phi) is 4.42. The standard InChI is InChI=1S/C22H28N3/c1-22(2,3)17-15-20(18-11-7-9-13-23(18)4)25(6)21(16-17)19-12-8-10-14-24(19)5/h7-16H,1-6H3/q+3. The van der Waals surface area contributed by atoms with Crippen LogP contribution in [0, 0.1) is 0 Å². The van der Waals surface area contributed by atoms with Gasteiger partial charge in [0.2, 0.25) is 0 Å². The van der Waals surface area contributed by atoms with Gasteiger partial charge in [0.05, 0.1) is 0 Å². The Bertz CT molecular complexity index is 854. The molecule has 3 aromatic heterocycles. The minimum absolute atomic E-state index is 0.0818. The van der Waals surface area contributed by atoms with Crippen LogP contribution in [0.1, 0.15) is 26.3 Å². The third-order valence-corrected chi connectivity index (χ3v) is 4.81. The fourth-order valence-electron chi connectivity index (χ4n) is 3.16. The van der Waals surface area contributed by atoms with Crippen LogP contribution in [-0.2, 0) is 26.6 Å². The largest absolute Gasteiger partial charge is 0.278 e. The molecule has 0 spiro atoms. The molecule has 3 rings (SSSR count). The monoisotopic (exact) mass is 334 g/mol. The number of nitrogens with zero attached hydrogens (tertiary/aromatic N) is 3. The number of aryl methyl sites for hydroxylation is 2. The summed E-state index contributed by atoms with van der Waals surface area (Å²) in [6.45, 7) is 6.81. The van der Waals surface area contributed by atoms with Gasteiger partial charge in [0.15, 0.2) is 12.4 Å². The molecule has 0 saturated heterocycles. The third kappa shape index (κ3) is 3.32. The molecule has 0 fully saturated rings. The quantitative estimate of drug-likeness (QED) is 0.639. The van der Waals surface area contributed by atoms with Crippen LogP contribution < -0.4 is 13.7 Å². The molecule has 0 aliphatic carbocycles. The molecule has 0 aliphatic rings. The highest BCUT2D eigenvalue weighted by Gasteiger charge is 2.30. The van der Waals surface area contributed by atoms with Crippen molar-refractivity contribution in [1.29, 1.82) is 0 Å². The Hall–Kier alpha value is -2.55. The summed E-state index contributed by atoms with van der Waals surface area (Å²) < 4.78 is 6.65. The van der Waals surface area contributed by atoms with Gasteiger partial charge in [0, 0.05) is 36.4 Å². The highest BCUT2D eigenvalue weighted by molar-refractivity contribution is 5.56. The van der Waals surface area contributed by atoms with Crippen molar-refractivity contribution in [2.45, 2.75) is 26.2 Å². The molecule has 3 nitrogen and oxygen atoms in total. The molecular formula is C22H28N3+3. The van der Waals surface area contributed by atoms with Crippen LogP contribution in [-0.4, -0.2) is 0 Å². The SMILES string of the molecule is C[n+]1ccccc1-c1cc(C(C)(C)C)cc(-c2cccc[n+]2C)[n+]1C. The first-order valence-electron chi connectivity index (χ1n) is 8.73. The maximum atomic E-state index is 2.32. The number of hydrogen-bond donors (Lipinski definition) is 0. The van der Waals surface area contributed by atoms with Gasteiger partial charge in [0.25, 0.3) is 22.8 Å². The van der Waals surface area contributed by atoms with Crippen molar-refractivity contribution in [2.24, 2.45) is 21.1 Å². The van der Waals surface area contributed by atoms with Gasteiger partial charge >= 0.3 is 0 Å². The molecule has 0 atom stereocenters. The highest BCUT2D eigenvalue weighted by atomic mass is 15.0. The Balaban J connectivity index is 2.35. The number of aromatic nitrogens is 3. The molecule has 3 heteroatoms. The van der Waals surface area contributed by atoms with Gasteiger partial charge in [-0.2, -0.15) is 13.7 Å². The van der Waals surface area contributed by atoms with Gasteiger partial charge in [-0.05, 0) is 23.1 Å². The number of rotatable bonds is 2. The van der Waals surface area contributed by atoms with Gasteiger partial charge < -0.3 is 0 Å². The molecule has 3 heterocycles. The van der Waals surface area contributed by atoms with Crippen LogP contribution in [0.3, 0.4) is 0 Å². The van der Waals surface area contributed by atoms with E-state index in [-0.39, 0.29) is 5.41 Å². The molecule has 0 aromatic carbocycles. The molecule has 0 unspecified atom stereocenters. The Morgan fingerprint density at radius 1 is 0.640 bits per heavy atom. The maximum absolute atomic E-state index is 2.32. The van der Waals surface area contributed by atoms with E-state index in [1.54, 1.807) is 0 Å². The van der Waals surface area contributed by atoms with E-state index in [0.29, 0.717) is 0 Å². The van der Waals surface area contributed by atoms with E-state index in [4.69, 9.17) is 0 Å². The van der Waals surface area contributed by atoms with E-state index in [9.17, 15) is 0 Å². The van der Waals surface area contributed by atoms with Crippen LogP contribution >= 0.6 is 0 Å². The van der Waals surface area contributed by atoms with Crippen LogP contribution in [0.15, 0.2) is 60.9 Å². The summed E-state index contributed by atoms with van der Waals surface area (Å²) in [4.78, 5) is 0. The topological polar surface area (TPSA) is 11.6 Å². The van der Waals surface area contributed by atoms with E-state index in [1.165, 1.54) is 28.3 Å². The summed E-state index contributed by atoms with van der Waals surface area (Å²) >= 11 is 0. The fraction of sp³-hybridized carbons (Fsp3) is 0.318. The van der Waals surface area contributed by atoms with Gasteiger partial charge in [-0.15, -0.1) is 0 Å². The number of pyridine rings is 3. The molecule has 128 valence electrons. The Morgan fingerprint density at radius 3 is 1.44 bits per heavy atom. The lowest BCUT2D eigenvalue weighted by molar-refractivity contribution is -0.697. The lowest BCUT2D eigenvalue weighted by Crippen LogP contribution is -2.43. The van der Waals surface area contributed by atoms with Gasteiger partial charge in [-0.25, -0.2) is 0 Å². The summed E-state index contributed by atoms with van der Waals surface area (Å²) in [5.74, 6) is 0. The predicted octanol–water partition coefficient (Wildman–Crippen LogP) is 2.79. The van der Waals surface area contributed by atoms with E-state index >= 15 is 0 Å². The zero-order chi connectivity index (χ0) is 18.2. The summed E-state index contributed by atoms with van der Waals surface area (Å²) in [6, 6.07) is 17.3. The van der Waals surface area contributed by atoms with Gasteiger partial charge in [-0.1, -0.05) is 20.8 Å². The smallest absolute Gasteiger partial charge is 0.196 e. The first-order chi connectivity index (χ1) is 11.8. The maximum Gasteiger partial charge on any atom is 0.278 e. The van der Waals surface area contributed by atoms with E-state index in [0.717, 1.165) is 0 Å². The lowest BCUT2D eigenvalue weighted by atomic mass is 9.86. The normalized spacial score (nSPS) is 11.6. The lowest BCUT2D eigenvalue weighted by Gasteiger charge is -2.19. The molecule has 0 radical (unpaired) electrons. The average molecular weight is 334 g/mol. The van der Waals surface area contributed by atoms with Crippen molar-refractivity contribution in [1.82, 2.24) is 0 Å². The molecule has 3 aromatic rings. The van der Waals surface area contributed by atoms with Gasteiger partial charge in [0.1, 0.15) is 21.1 Å². The molecular weight excluding hydrogens is 306 g/mol. The van der Waals surface area contributed by atoms with Crippen LogP contribution in [0.25, 0.3) is 22.8 Å². The van der Waals surface area contributed by atoms with Crippen molar-refractivity contribution in [3.63, 3.8) is 0 Å². The minimum Gasteiger partial charge on any atom is -0.196 e. The van der Waals surface area contributed by atoms with Crippen molar-refractivity contribution in [2.75, 3.05) is 0 Å². The van der Waals surface area contributed by atoms with Crippen LogP contribution in [0.5, 0.6) is 0 Å². The highest BCUT2D eigenvalue weighted by Crippen LogP contribution is 2.27. The summed E-state index contributed by atoms with van der Waals surface area (Å²) in [5.41, 5.74) is 6.26. The summed E-state index contributed by atoms with van der Waals surface area (Å²) in [6.07, 6.45) is 4.20. The predicted molar refractivity (Wildman–Crippen MR) is 99.5 cm³/mol. The Labute approximate surface area is 150 Å². The molecule has 0 amide bonds. The molecule has 0 bridgehead atoms. The fourth-order valence-corrected chi connectivity index (χ4v) is 3.16. The third-order valence-electron chi connectivity index (χ3n) is 4.81. The van der Waals surface area contributed by atoms with Crippen LogP contribution in [0.2, 0.25) is 0 Å². The molecule has 0 saturated carbocycles.